The fraction of sp³-hybridized carbons (Fsp3) is 0.435. The number of carbonyl (C=O) groups is 4. The number of anilines is 2. The zero-order valence-electron chi connectivity index (χ0n) is 34.2. The lowest BCUT2D eigenvalue weighted by molar-refractivity contribution is -0.122. The number of nitrogens with zero attached hydrogens (tertiary/aromatic N) is 4. The van der Waals surface area contributed by atoms with Crippen LogP contribution >= 0.6 is 0 Å². The number of halogens is 2. The Kier molecular flexibility index (Phi) is 11.7. The van der Waals surface area contributed by atoms with E-state index < -0.39 is 0 Å². The number of carbonyl (C=O) groups excluding carboxylic acids is 4. The number of nitrogens with one attached hydrogen (secondary N) is 2. The summed E-state index contributed by atoms with van der Waals surface area (Å²) in [5.41, 5.74) is 9.90. The zero-order chi connectivity index (χ0) is 41.4. The lowest BCUT2D eigenvalue weighted by atomic mass is 9.78. The number of hydrogen-bond donors (Lipinski definition) is 2. The van der Waals surface area contributed by atoms with Gasteiger partial charge in [-0.1, -0.05) is 27.7 Å². The number of pyridine rings is 2. The van der Waals surface area contributed by atoms with E-state index in [0.29, 0.717) is 72.9 Å². The van der Waals surface area contributed by atoms with Gasteiger partial charge in [0.15, 0.2) is 0 Å². The number of benzene rings is 2. The summed E-state index contributed by atoms with van der Waals surface area (Å²) in [5.74, 6) is -0.0907. The Hall–Kier alpha value is -5.52. The number of aryl methyl sites for hydroxylation is 2. The van der Waals surface area contributed by atoms with Crippen LogP contribution in [-0.2, 0) is 44.9 Å². The third-order valence-electron chi connectivity index (χ3n) is 12.6. The lowest BCUT2D eigenvalue weighted by Gasteiger charge is -2.33. The monoisotopic (exact) mass is 790 g/mol. The molecule has 0 unspecified atom stereocenters. The summed E-state index contributed by atoms with van der Waals surface area (Å²) in [7, 11) is 3.38. The molecule has 304 valence electrons. The van der Waals surface area contributed by atoms with Crippen molar-refractivity contribution in [1.82, 2.24) is 20.6 Å². The van der Waals surface area contributed by atoms with Crippen molar-refractivity contribution >= 4 is 35.0 Å². The molecule has 2 aliphatic carbocycles. The molecular weight excluding hydrogens is 739 g/mol. The minimum absolute atomic E-state index is 0.00639. The molecule has 0 saturated heterocycles. The number of aromatic nitrogens is 2. The van der Waals surface area contributed by atoms with Crippen LogP contribution in [0.5, 0.6) is 0 Å². The molecule has 0 bridgehead atoms. The summed E-state index contributed by atoms with van der Waals surface area (Å²) in [6.07, 6.45) is 13.5. The maximum atomic E-state index is 15.1. The molecule has 0 fully saturated rings. The van der Waals surface area contributed by atoms with E-state index in [0.717, 1.165) is 70.2 Å². The normalized spacial score (nSPS) is 20.8. The van der Waals surface area contributed by atoms with Gasteiger partial charge in [-0.15, -0.1) is 0 Å². The van der Waals surface area contributed by atoms with Crippen molar-refractivity contribution < 1.29 is 28.0 Å². The van der Waals surface area contributed by atoms with Gasteiger partial charge in [-0.2, -0.15) is 0 Å². The predicted octanol–water partition coefficient (Wildman–Crippen LogP) is 7.89. The molecule has 4 amide bonds. The molecule has 8 rings (SSSR count). The molecule has 2 aromatic carbocycles. The summed E-state index contributed by atoms with van der Waals surface area (Å²) >= 11 is 0. The van der Waals surface area contributed by atoms with Crippen LogP contribution in [0.25, 0.3) is 22.3 Å². The average molecular weight is 791 g/mol. The fourth-order valence-electron chi connectivity index (χ4n) is 8.99. The summed E-state index contributed by atoms with van der Waals surface area (Å²) in [6, 6.07) is 6.43. The third-order valence-corrected chi connectivity index (χ3v) is 12.6. The SMILES string of the molecule is CCC(=O)N[C@@H]1c2cncc(-c3cc4c(cc3F)N(C)C(=O)CC4)c2CC[C@H]1C.CCC(=O)N[C@H]1c2cncc(-c3cc4c(cc3F)N(C)C(=O)CC4)c2CC[C@@H]1C. The van der Waals surface area contributed by atoms with Gasteiger partial charge in [0.25, 0.3) is 0 Å². The van der Waals surface area contributed by atoms with Crippen molar-refractivity contribution in [2.45, 2.75) is 104 Å². The van der Waals surface area contributed by atoms with Crippen molar-refractivity contribution in [2.24, 2.45) is 11.8 Å². The van der Waals surface area contributed by atoms with Crippen molar-refractivity contribution in [3.05, 3.63) is 94.1 Å². The van der Waals surface area contributed by atoms with Crippen molar-refractivity contribution in [3.8, 4) is 22.3 Å². The van der Waals surface area contributed by atoms with E-state index in [1.807, 2.05) is 26.0 Å². The van der Waals surface area contributed by atoms with Crippen LogP contribution in [-0.4, -0.2) is 47.7 Å². The highest BCUT2D eigenvalue weighted by Crippen LogP contribution is 2.43. The van der Waals surface area contributed by atoms with Crippen LogP contribution in [0.15, 0.2) is 49.1 Å². The second-order valence-corrected chi connectivity index (χ2v) is 16.2. The van der Waals surface area contributed by atoms with E-state index in [4.69, 9.17) is 0 Å². The lowest BCUT2D eigenvalue weighted by Crippen LogP contribution is -2.35. The van der Waals surface area contributed by atoms with Gasteiger partial charge in [0.05, 0.1) is 12.1 Å². The summed E-state index contributed by atoms with van der Waals surface area (Å²) in [6.45, 7) is 7.93. The third kappa shape index (κ3) is 7.73. The van der Waals surface area contributed by atoms with E-state index in [9.17, 15) is 19.2 Å². The molecular formula is C46H52F2N6O4. The molecule has 4 atom stereocenters. The highest BCUT2D eigenvalue weighted by Gasteiger charge is 2.33. The number of amides is 4. The van der Waals surface area contributed by atoms with Crippen molar-refractivity contribution in [2.75, 3.05) is 23.9 Å². The standard InChI is InChI=1S/2C23H26FN3O2/c2*1-4-21(28)26-23-13(2)5-7-15-17(11-25-12-18(15)23)16-9-14-6-8-22(29)27(3)20(14)10-19(16)24/h2*9-13,23H,4-8H2,1-3H3,(H,26,28)/t2*13-,23+/m10/s1. The van der Waals surface area contributed by atoms with E-state index in [-0.39, 0.29) is 47.3 Å². The first-order chi connectivity index (χ1) is 27.8. The fourth-order valence-corrected chi connectivity index (χ4v) is 8.99. The van der Waals surface area contributed by atoms with E-state index in [1.165, 1.54) is 21.9 Å². The second-order valence-electron chi connectivity index (χ2n) is 16.2. The number of hydrogen-bond acceptors (Lipinski definition) is 6. The van der Waals surface area contributed by atoms with Gasteiger partial charge >= 0.3 is 0 Å². The smallest absolute Gasteiger partial charge is 0.227 e. The van der Waals surface area contributed by atoms with Crippen LogP contribution in [0.4, 0.5) is 20.2 Å². The highest BCUT2D eigenvalue weighted by molar-refractivity contribution is 5.97. The van der Waals surface area contributed by atoms with E-state index in [1.54, 1.807) is 38.9 Å². The van der Waals surface area contributed by atoms with Gasteiger partial charge in [-0.05, 0) is 108 Å². The second kappa shape index (κ2) is 16.8. The Morgan fingerprint density at radius 1 is 0.621 bits per heavy atom. The van der Waals surface area contributed by atoms with Gasteiger partial charge < -0.3 is 20.4 Å². The Labute approximate surface area is 338 Å². The number of rotatable bonds is 6. The van der Waals surface area contributed by atoms with Crippen LogP contribution < -0.4 is 20.4 Å². The van der Waals surface area contributed by atoms with Gasteiger partial charge in [-0.3, -0.25) is 29.1 Å². The predicted molar refractivity (Wildman–Crippen MR) is 220 cm³/mol. The molecule has 12 heteroatoms. The molecule has 0 spiro atoms. The van der Waals surface area contributed by atoms with Gasteiger partial charge in [-0.25, -0.2) is 8.78 Å². The largest absolute Gasteiger partial charge is 0.349 e. The first kappa shape index (κ1) is 40.7. The number of fused-ring (bicyclic) bond motifs is 4. The van der Waals surface area contributed by atoms with E-state index >= 15 is 8.78 Å². The van der Waals surface area contributed by atoms with Crippen LogP contribution in [0.1, 0.15) is 112 Å². The topological polar surface area (TPSA) is 125 Å². The molecule has 4 aliphatic rings. The molecule has 58 heavy (non-hydrogen) atoms. The average Bonchev–Trinajstić information content (AvgIpc) is 3.22. The van der Waals surface area contributed by atoms with Crippen LogP contribution in [0.3, 0.4) is 0 Å². The zero-order valence-corrected chi connectivity index (χ0v) is 34.2. The minimum atomic E-state index is -0.353. The minimum Gasteiger partial charge on any atom is -0.349 e. The van der Waals surface area contributed by atoms with Gasteiger partial charge in [0.1, 0.15) is 11.6 Å². The molecule has 2 aliphatic heterocycles. The first-order valence-corrected chi connectivity index (χ1v) is 20.5. The van der Waals surface area contributed by atoms with Gasteiger partial charge in [0, 0.05) is 98.2 Å². The summed E-state index contributed by atoms with van der Waals surface area (Å²) in [4.78, 5) is 59.8. The first-order valence-electron chi connectivity index (χ1n) is 20.5. The molecule has 2 N–H and O–H groups in total. The molecule has 4 heterocycles. The Balaban J connectivity index is 0.000000177. The Morgan fingerprint density at radius 2 is 1.02 bits per heavy atom. The summed E-state index contributed by atoms with van der Waals surface area (Å²) in [5, 5.41) is 6.22. The molecule has 4 aromatic rings. The van der Waals surface area contributed by atoms with Crippen LogP contribution in [0, 0.1) is 23.5 Å². The molecule has 2 aromatic heterocycles. The van der Waals surface area contributed by atoms with Crippen molar-refractivity contribution in [1.29, 1.82) is 0 Å². The highest BCUT2D eigenvalue weighted by atomic mass is 19.1. The Bertz CT molecular complexity index is 2140. The van der Waals surface area contributed by atoms with E-state index in [2.05, 4.69) is 34.4 Å². The van der Waals surface area contributed by atoms with Crippen molar-refractivity contribution in [3.63, 3.8) is 0 Å². The van der Waals surface area contributed by atoms with Gasteiger partial charge in [0.2, 0.25) is 23.6 Å². The summed E-state index contributed by atoms with van der Waals surface area (Å²) < 4.78 is 30.3. The molecule has 0 radical (unpaired) electrons. The Morgan fingerprint density at radius 3 is 1.40 bits per heavy atom. The maximum absolute atomic E-state index is 15.1. The quantitative estimate of drug-likeness (QED) is 0.205. The molecule has 0 saturated carbocycles. The molecule has 10 nitrogen and oxygen atoms in total. The van der Waals surface area contributed by atoms with Crippen LogP contribution in [0.2, 0.25) is 0 Å². The maximum Gasteiger partial charge on any atom is 0.227 e.